The summed E-state index contributed by atoms with van der Waals surface area (Å²) in [5.74, 6) is 1.38. The first-order chi connectivity index (χ1) is 11.9. The van der Waals surface area contributed by atoms with E-state index in [0.29, 0.717) is 18.3 Å². The Morgan fingerprint density at radius 1 is 1.28 bits per heavy atom. The van der Waals surface area contributed by atoms with Crippen LogP contribution in [0.25, 0.3) is 0 Å². The monoisotopic (exact) mass is 341 g/mol. The Bertz CT molecular complexity index is 665. The predicted molar refractivity (Wildman–Crippen MR) is 99.1 cm³/mol. The Morgan fingerprint density at radius 3 is 2.68 bits per heavy atom. The first kappa shape index (κ1) is 17.1. The van der Waals surface area contributed by atoms with E-state index in [9.17, 15) is 4.79 Å². The standard InChI is InChI=1S/C22H31NO2/c1-5-18(24)23-20-21(3,4)16-12-17-19(15-8-6-14(2)7-9-15)25-11-10-22(17,20)13-16/h6-9,16-17,19-20H,5,10-13H2,1-4H3,(H,23,24)/t16-,17-,19-,20-,22?/m1/s1. The van der Waals surface area contributed by atoms with Crippen molar-refractivity contribution in [3.8, 4) is 0 Å². The van der Waals surface area contributed by atoms with Gasteiger partial charge in [0.1, 0.15) is 0 Å². The molecule has 25 heavy (non-hydrogen) atoms. The van der Waals surface area contributed by atoms with Crippen LogP contribution in [0, 0.1) is 29.6 Å². The van der Waals surface area contributed by atoms with Crippen LogP contribution in [0.4, 0.5) is 0 Å². The molecule has 2 saturated carbocycles. The molecular formula is C22H31NO2. The first-order valence-corrected chi connectivity index (χ1v) is 9.86. The molecular weight excluding hydrogens is 310 g/mol. The van der Waals surface area contributed by atoms with E-state index in [-0.39, 0.29) is 28.9 Å². The van der Waals surface area contributed by atoms with Crippen molar-refractivity contribution in [3.63, 3.8) is 0 Å². The summed E-state index contributed by atoms with van der Waals surface area (Å²) in [7, 11) is 0. The Morgan fingerprint density at radius 2 is 2.00 bits per heavy atom. The van der Waals surface area contributed by atoms with E-state index < -0.39 is 0 Å². The molecule has 1 N–H and O–H groups in total. The molecule has 3 nitrogen and oxygen atoms in total. The van der Waals surface area contributed by atoms with Gasteiger partial charge in [-0.05, 0) is 54.4 Å². The zero-order chi connectivity index (χ0) is 17.8. The Kier molecular flexibility index (Phi) is 3.99. The third-order valence-electron chi connectivity index (χ3n) is 7.54. The number of hydrogen-bond donors (Lipinski definition) is 1. The van der Waals surface area contributed by atoms with Crippen molar-refractivity contribution >= 4 is 5.91 Å². The second-order valence-corrected chi connectivity index (χ2v) is 9.10. The minimum Gasteiger partial charge on any atom is -0.373 e. The number of carbonyl (C=O) groups is 1. The molecule has 1 aromatic rings. The van der Waals surface area contributed by atoms with Gasteiger partial charge in [-0.2, -0.15) is 0 Å². The maximum atomic E-state index is 12.2. The first-order valence-electron chi connectivity index (χ1n) is 9.86. The summed E-state index contributed by atoms with van der Waals surface area (Å²) in [6.07, 6.45) is 4.29. The Labute approximate surface area is 151 Å². The van der Waals surface area contributed by atoms with Gasteiger partial charge in [-0.25, -0.2) is 0 Å². The average Bonchev–Trinajstić information content (AvgIpc) is 3.08. The van der Waals surface area contributed by atoms with Crippen molar-refractivity contribution < 1.29 is 9.53 Å². The van der Waals surface area contributed by atoms with E-state index in [0.717, 1.165) is 13.0 Å². The second-order valence-electron chi connectivity index (χ2n) is 9.10. The number of carbonyl (C=O) groups excluding carboxylic acids is 1. The number of fused-ring (bicyclic) bond motifs is 1. The normalized spacial score (nSPS) is 38.4. The zero-order valence-electron chi connectivity index (χ0n) is 16.0. The zero-order valence-corrected chi connectivity index (χ0v) is 16.0. The van der Waals surface area contributed by atoms with Gasteiger partial charge in [0.2, 0.25) is 5.91 Å². The topological polar surface area (TPSA) is 38.3 Å². The average molecular weight is 341 g/mol. The number of aryl methyl sites for hydroxylation is 1. The lowest BCUT2D eigenvalue weighted by Crippen LogP contribution is -2.58. The van der Waals surface area contributed by atoms with Crippen LogP contribution in [0.1, 0.15) is 63.7 Å². The van der Waals surface area contributed by atoms with Crippen LogP contribution in [0.3, 0.4) is 0 Å². The fourth-order valence-electron chi connectivity index (χ4n) is 6.14. The highest BCUT2D eigenvalue weighted by molar-refractivity contribution is 5.76. The largest absolute Gasteiger partial charge is 0.373 e. The van der Waals surface area contributed by atoms with E-state index in [4.69, 9.17) is 4.74 Å². The van der Waals surface area contributed by atoms with E-state index in [1.54, 1.807) is 0 Å². The highest BCUT2D eigenvalue weighted by Gasteiger charge is 2.68. The molecule has 2 bridgehead atoms. The number of hydrogen-bond acceptors (Lipinski definition) is 2. The fourth-order valence-corrected chi connectivity index (χ4v) is 6.14. The lowest BCUT2D eigenvalue weighted by atomic mass is 9.59. The van der Waals surface area contributed by atoms with Gasteiger partial charge in [0.05, 0.1) is 6.10 Å². The molecule has 1 heterocycles. The quantitative estimate of drug-likeness (QED) is 0.885. The molecule has 0 aromatic heterocycles. The minimum atomic E-state index is 0.177. The molecule has 1 aliphatic heterocycles. The van der Waals surface area contributed by atoms with Gasteiger partial charge in [0.15, 0.2) is 0 Å². The van der Waals surface area contributed by atoms with Gasteiger partial charge in [0, 0.05) is 19.1 Å². The van der Waals surface area contributed by atoms with Crippen LogP contribution >= 0.6 is 0 Å². The SMILES string of the molecule is CCC(=O)N[C@@H]1C(C)(C)[C@@H]2C[C@@H]3[C@@H](c4ccc(C)cc4)OCCC31C2. The van der Waals surface area contributed by atoms with Crippen molar-refractivity contribution in [1.82, 2.24) is 5.32 Å². The Balaban J connectivity index is 1.69. The van der Waals surface area contributed by atoms with E-state index in [2.05, 4.69) is 50.4 Å². The number of nitrogens with one attached hydrogen (secondary N) is 1. The van der Waals surface area contributed by atoms with Crippen LogP contribution in [-0.2, 0) is 9.53 Å². The smallest absolute Gasteiger partial charge is 0.219 e. The molecule has 5 atom stereocenters. The van der Waals surface area contributed by atoms with Gasteiger partial charge >= 0.3 is 0 Å². The summed E-state index contributed by atoms with van der Waals surface area (Å²) in [5, 5.41) is 3.43. The fraction of sp³-hybridized carbons (Fsp3) is 0.682. The third kappa shape index (κ3) is 2.46. The van der Waals surface area contributed by atoms with Gasteiger partial charge in [-0.3, -0.25) is 4.79 Å². The van der Waals surface area contributed by atoms with Crippen molar-refractivity contribution in [1.29, 1.82) is 0 Å². The summed E-state index contributed by atoms with van der Waals surface area (Å²) in [6, 6.07) is 9.11. The van der Waals surface area contributed by atoms with Crippen LogP contribution in [-0.4, -0.2) is 18.6 Å². The van der Waals surface area contributed by atoms with Gasteiger partial charge in [-0.15, -0.1) is 0 Å². The predicted octanol–water partition coefficient (Wildman–Crippen LogP) is 4.40. The molecule has 1 spiro atoms. The summed E-state index contributed by atoms with van der Waals surface area (Å²) >= 11 is 0. The van der Waals surface area contributed by atoms with Gasteiger partial charge in [-0.1, -0.05) is 50.6 Å². The van der Waals surface area contributed by atoms with Crippen LogP contribution in [0.2, 0.25) is 0 Å². The molecule has 1 amide bonds. The molecule has 3 fully saturated rings. The van der Waals surface area contributed by atoms with Crippen LogP contribution in [0.5, 0.6) is 0 Å². The highest BCUT2D eigenvalue weighted by Crippen LogP contribution is 2.70. The van der Waals surface area contributed by atoms with E-state index in [1.807, 2.05) is 6.92 Å². The summed E-state index contributed by atoms with van der Waals surface area (Å²) < 4.78 is 6.30. The van der Waals surface area contributed by atoms with Crippen molar-refractivity contribution in [2.45, 2.75) is 65.5 Å². The number of ether oxygens (including phenoxy) is 1. The van der Waals surface area contributed by atoms with Crippen molar-refractivity contribution in [3.05, 3.63) is 35.4 Å². The molecule has 0 radical (unpaired) electrons. The Hall–Kier alpha value is -1.35. The molecule has 1 saturated heterocycles. The van der Waals surface area contributed by atoms with Crippen molar-refractivity contribution in [2.24, 2.45) is 22.7 Å². The number of amides is 1. The molecule has 3 aliphatic rings. The molecule has 136 valence electrons. The summed E-state index contributed by atoms with van der Waals surface area (Å²) in [5.41, 5.74) is 2.97. The maximum Gasteiger partial charge on any atom is 0.219 e. The summed E-state index contributed by atoms with van der Waals surface area (Å²) in [6.45, 7) is 9.60. The molecule has 3 heteroatoms. The molecule has 2 aliphatic carbocycles. The van der Waals surface area contributed by atoms with Crippen molar-refractivity contribution in [2.75, 3.05) is 6.61 Å². The lowest BCUT2D eigenvalue weighted by molar-refractivity contribution is -0.137. The molecule has 4 rings (SSSR count). The molecule has 1 aromatic carbocycles. The lowest BCUT2D eigenvalue weighted by Gasteiger charge is -2.53. The van der Waals surface area contributed by atoms with Crippen LogP contribution in [0.15, 0.2) is 24.3 Å². The number of rotatable bonds is 3. The third-order valence-corrected chi connectivity index (χ3v) is 7.54. The summed E-state index contributed by atoms with van der Waals surface area (Å²) in [4.78, 5) is 12.2. The van der Waals surface area contributed by atoms with E-state index >= 15 is 0 Å². The minimum absolute atomic E-state index is 0.177. The van der Waals surface area contributed by atoms with Gasteiger partial charge in [0.25, 0.3) is 0 Å². The van der Waals surface area contributed by atoms with E-state index in [1.165, 1.54) is 24.0 Å². The highest BCUT2D eigenvalue weighted by atomic mass is 16.5. The second kappa shape index (κ2) is 5.84. The number of benzene rings is 1. The maximum absolute atomic E-state index is 12.2. The molecule has 1 unspecified atom stereocenters. The van der Waals surface area contributed by atoms with Gasteiger partial charge < -0.3 is 10.1 Å². The van der Waals surface area contributed by atoms with Crippen LogP contribution < -0.4 is 5.32 Å².